The van der Waals surface area contributed by atoms with Crippen LogP contribution >= 0.6 is 0 Å². The van der Waals surface area contributed by atoms with Gasteiger partial charge in [0.05, 0.1) is 18.8 Å². The van der Waals surface area contributed by atoms with Gasteiger partial charge in [-0.05, 0) is 38.1 Å². The van der Waals surface area contributed by atoms with Crippen LogP contribution in [0.25, 0.3) is 0 Å². The van der Waals surface area contributed by atoms with E-state index in [4.69, 9.17) is 4.74 Å². The number of morpholine rings is 1. The van der Waals surface area contributed by atoms with Gasteiger partial charge in [0.15, 0.2) is 0 Å². The van der Waals surface area contributed by atoms with E-state index in [2.05, 4.69) is 15.5 Å². The van der Waals surface area contributed by atoms with Crippen molar-refractivity contribution in [2.24, 2.45) is 0 Å². The molecule has 7 nitrogen and oxygen atoms in total. The summed E-state index contributed by atoms with van der Waals surface area (Å²) in [5.74, 6) is -3.28. The van der Waals surface area contributed by atoms with Crippen molar-refractivity contribution >= 4 is 17.5 Å². The minimum atomic E-state index is -0.875. The molecule has 0 aliphatic carbocycles. The third kappa shape index (κ3) is 5.77. The monoisotopic (exact) mass is 433 g/mol. The first-order chi connectivity index (χ1) is 14.7. The van der Waals surface area contributed by atoms with Crippen molar-refractivity contribution in [1.29, 1.82) is 0 Å². The lowest BCUT2D eigenvalue weighted by molar-refractivity contribution is -0.00923. The van der Waals surface area contributed by atoms with Crippen LogP contribution in [0, 0.1) is 11.6 Å². The van der Waals surface area contributed by atoms with Crippen molar-refractivity contribution in [2.45, 2.75) is 19.4 Å². The second-order valence-corrected chi connectivity index (χ2v) is 7.94. The highest BCUT2D eigenvalue weighted by atomic mass is 19.1. The number of phenols is 1. The first-order valence-corrected chi connectivity index (χ1v) is 9.87. The molecule has 1 fully saturated rings. The molecule has 0 unspecified atom stereocenters. The summed E-state index contributed by atoms with van der Waals surface area (Å²) < 4.78 is 31.9. The summed E-state index contributed by atoms with van der Waals surface area (Å²) in [7, 11) is 0. The van der Waals surface area contributed by atoms with E-state index in [1.165, 1.54) is 18.2 Å². The van der Waals surface area contributed by atoms with Gasteiger partial charge in [0.2, 0.25) is 0 Å². The summed E-state index contributed by atoms with van der Waals surface area (Å²) >= 11 is 0. The molecule has 31 heavy (non-hydrogen) atoms. The molecule has 0 radical (unpaired) electrons. The molecule has 0 aromatic heterocycles. The minimum Gasteiger partial charge on any atom is -0.507 e. The van der Waals surface area contributed by atoms with Crippen molar-refractivity contribution in [2.75, 3.05) is 38.2 Å². The van der Waals surface area contributed by atoms with E-state index >= 15 is 0 Å². The zero-order valence-corrected chi connectivity index (χ0v) is 17.4. The highest BCUT2D eigenvalue weighted by Crippen LogP contribution is 2.23. The first-order valence-electron chi connectivity index (χ1n) is 9.87. The Balaban J connectivity index is 1.63. The molecule has 1 aliphatic rings. The van der Waals surface area contributed by atoms with Crippen LogP contribution in [0.15, 0.2) is 36.4 Å². The summed E-state index contributed by atoms with van der Waals surface area (Å²) in [5, 5.41) is 15.5. The molecular formula is C22H25F2N3O4. The topological polar surface area (TPSA) is 90.9 Å². The van der Waals surface area contributed by atoms with Crippen LogP contribution in [0.5, 0.6) is 5.75 Å². The molecule has 3 N–H and O–H groups in total. The Bertz CT molecular complexity index is 955. The van der Waals surface area contributed by atoms with Crippen LogP contribution in [0.2, 0.25) is 0 Å². The number of amides is 2. The molecular weight excluding hydrogens is 408 g/mol. The SMILES string of the molecule is CC(C)(CNC(=O)c1ccc(NC(=O)c2cc(F)cc(F)c2)cc1O)N1CCOCC1. The van der Waals surface area contributed by atoms with Crippen molar-refractivity contribution in [3.05, 3.63) is 59.2 Å². The van der Waals surface area contributed by atoms with Crippen LogP contribution in [0.4, 0.5) is 14.5 Å². The zero-order chi connectivity index (χ0) is 22.6. The highest BCUT2D eigenvalue weighted by molar-refractivity contribution is 6.05. The van der Waals surface area contributed by atoms with Crippen LogP contribution < -0.4 is 10.6 Å². The Morgan fingerprint density at radius 1 is 1.06 bits per heavy atom. The van der Waals surface area contributed by atoms with E-state index in [0.29, 0.717) is 25.8 Å². The number of phenolic OH excluding ortho intramolecular Hbond substituents is 1. The second-order valence-electron chi connectivity index (χ2n) is 7.94. The molecule has 9 heteroatoms. The van der Waals surface area contributed by atoms with Crippen LogP contribution in [-0.2, 0) is 4.74 Å². The Kier molecular flexibility index (Phi) is 6.87. The molecule has 0 spiro atoms. The lowest BCUT2D eigenvalue weighted by Gasteiger charge is -2.40. The third-order valence-corrected chi connectivity index (χ3v) is 5.17. The summed E-state index contributed by atoms with van der Waals surface area (Å²) in [4.78, 5) is 27.0. The number of hydrogen-bond acceptors (Lipinski definition) is 5. The number of halogens is 2. The van der Waals surface area contributed by atoms with Gasteiger partial charge in [0.25, 0.3) is 11.8 Å². The predicted molar refractivity (Wildman–Crippen MR) is 111 cm³/mol. The maximum Gasteiger partial charge on any atom is 0.255 e. The number of hydrogen-bond donors (Lipinski definition) is 3. The molecule has 2 aromatic carbocycles. The Labute approximate surface area is 179 Å². The molecule has 1 heterocycles. The van der Waals surface area contributed by atoms with Crippen molar-refractivity contribution < 1.29 is 28.2 Å². The average molecular weight is 433 g/mol. The highest BCUT2D eigenvalue weighted by Gasteiger charge is 2.29. The van der Waals surface area contributed by atoms with Gasteiger partial charge >= 0.3 is 0 Å². The Hall–Kier alpha value is -3.04. The fraction of sp³-hybridized carbons (Fsp3) is 0.364. The van der Waals surface area contributed by atoms with E-state index < -0.39 is 23.4 Å². The number of anilines is 1. The predicted octanol–water partition coefficient (Wildman–Crippen LogP) is 2.76. The number of nitrogens with one attached hydrogen (secondary N) is 2. The number of nitrogens with zero attached hydrogens (tertiary/aromatic N) is 1. The van der Waals surface area contributed by atoms with Gasteiger partial charge in [-0.25, -0.2) is 8.78 Å². The van der Waals surface area contributed by atoms with Gasteiger partial charge in [-0.3, -0.25) is 14.5 Å². The van der Waals surface area contributed by atoms with Gasteiger partial charge < -0.3 is 20.5 Å². The van der Waals surface area contributed by atoms with Crippen LogP contribution in [0.1, 0.15) is 34.6 Å². The Morgan fingerprint density at radius 2 is 1.71 bits per heavy atom. The van der Waals surface area contributed by atoms with Gasteiger partial charge in [0, 0.05) is 48.6 Å². The molecule has 3 rings (SSSR count). The van der Waals surface area contributed by atoms with E-state index in [-0.39, 0.29) is 28.1 Å². The lowest BCUT2D eigenvalue weighted by atomic mass is 10.0. The molecule has 0 atom stereocenters. The summed E-state index contributed by atoms with van der Waals surface area (Å²) in [5.41, 5.74) is -0.266. The maximum atomic E-state index is 13.3. The standard InChI is InChI=1S/C22H25F2N3O4/c1-22(2,27-5-7-31-8-6-27)13-25-21(30)18-4-3-17(12-19(18)28)26-20(29)14-9-15(23)11-16(24)10-14/h3-4,9-12,28H,5-8,13H2,1-2H3,(H,25,30)(H,26,29). The molecule has 0 saturated carbocycles. The van der Waals surface area contributed by atoms with Crippen molar-refractivity contribution in [1.82, 2.24) is 10.2 Å². The van der Waals surface area contributed by atoms with E-state index in [0.717, 1.165) is 25.2 Å². The quantitative estimate of drug-likeness (QED) is 0.652. The molecule has 2 amide bonds. The fourth-order valence-corrected chi connectivity index (χ4v) is 3.36. The number of aromatic hydroxyl groups is 1. The normalized spacial score (nSPS) is 14.8. The van der Waals surface area contributed by atoms with Gasteiger partial charge in [-0.2, -0.15) is 0 Å². The van der Waals surface area contributed by atoms with E-state index in [1.807, 2.05) is 13.8 Å². The number of carbonyl (C=O) groups is 2. The number of carbonyl (C=O) groups excluding carboxylic acids is 2. The molecule has 2 aromatic rings. The summed E-state index contributed by atoms with van der Waals surface area (Å²) in [6, 6.07) is 6.46. The van der Waals surface area contributed by atoms with Crippen LogP contribution in [0.3, 0.4) is 0 Å². The number of ether oxygens (including phenoxy) is 1. The van der Waals surface area contributed by atoms with Gasteiger partial charge in [0.1, 0.15) is 17.4 Å². The minimum absolute atomic E-state index is 0.0487. The first kappa shape index (κ1) is 22.6. The van der Waals surface area contributed by atoms with E-state index in [9.17, 15) is 23.5 Å². The number of benzene rings is 2. The molecule has 166 valence electrons. The molecule has 0 bridgehead atoms. The zero-order valence-electron chi connectivity index (χ0n) is 17.4. The van der Waals surface area contributed by atoms with Crippen molar-refractivity contribution in [3.63, 3.8) is 0 Å². The average Bonchev–Trinajstić information content (AvgIpc) is 2.72. The second kappa shape index (κ2) is 9.40. The largest absolute Gasteiger partial charge is 0.507 e. The van der Waals surface area contributed by atoms with Crippen LogP contribution in [-0.4, -0.2) is 60.2 Å². The van der Waals surface area contributed by atoms with Gasteiger partial charge in [-0.15, -0.1) is 0 Å². The van der Waals surface area contributed by atoms with Gasteiger partial charge in [-0.1, -0.05) is 0 Å². The smallest absolute Gasteiger partial charge is 0.255 e. The Morgan fingerprint density at radius 3 is 2.32 bits per heavy atom. The van der Waals surface area contributed by atoms with Crippen molar-refractivity contribution in [3.8, 4) is 5.75 Å². The maximum absolute atomic E-state index is 13.3. The number of rotatable bonds is 6. The third-order valence-electron chi connectivity index (χ3n) is 5.17. The molecule has 1 saturated heterocycles. The summed E-state index contributed by atoms with van der Waals surface area (Å²) in [6.07, 6.45) is 0. The summed E-state index contributed by atoms with van der Waals surface area (Å²) in [6.45, 7) is 7.25. The lowest BCUT2D eigenvalue weighted by Crippen LogP contribution is -2.55. The fourth-order valence-electron chi connectivity index (χ4n) is 3.36. The molecule has 1 aliphatic heterocycles. The van der Waals surface area contributed by atoms with E-state index in [1.54, 1.807) is 0 Å².